The van der Waals surface area contributed by atoms with Gasteiger partial charge in [-0.1, -0.05) is 12.5 Å². The van der Waals surface area contributed by atoms with Crippen LogP contribution < -0.4 is 11.1 Å². The highest BCUT2D eigenvalue weighted by Gasteiger charge is 2.04. The van der Waals surface area contributed by atoms with E-state index in [0.717, 1.165) is 31.4 Å². The van der Waals surface area contributed by atoms with Crippen molar-refractivity contribution in [3.63, 3.8) is 0 Å². The first-order chi connectivity index (χ1) is 6.13. The Labute approximate surface area is 80.4 Å². The van der Waals surface area contributed by atoms with Crippen molar-refractivity contribution in [3.05, 3.63) is 11.1 Å². The lowest BCUT2D eigenvalue weighted by molar-refractivity contribution is -0.114. The SMILES string of the molecule is CCC(CCCNC)=C(C)C(N)=O. The maximum absolute atomic E-state index is 10.9. The minimum Gasteiger partial charge on any atom is -0.366 e. The topological polar surface area (TPSA) is 55.1 Å². The molecule has 0 aliphatic heterocycles. The standard InChI is InChI=1S/C10H20N2O/c1-4-9(6-5-7-12-3)8(2)10(11)13/h12H,4-7H2,1-3H3,(H2,11,13). The fourth-order valence-corrected chi connectivity index (χ4v) is 1.28. The summed E-state index contributed by atoms with van der Waals surface area (Å²) in [6.45, 7) is 4.84. The van der Waals surface area contributed by atoms with Gasteiger partial charge in [-0.2, -0.15) is 0 Å². The highest BCUT2D eigenvalue weighted by Crippen LogP contribution is 2.14. The molecule has 0 aliphatic rings. The molecule has 0 saturated carbocycles. The molecule has 76 valence electrons. The largest absolute Gasteiger partial charge is 0.366 e. The van der Waals surface area contributed by atoms with Crippen molar-refractivity contribution >= 4 is 5.91 Å². The summed E-state index contributed by atoms with van der Waals surface area (Å²) in [5.74, 6) is -0.290. The molecule has 1 amide bonds. The van der Waals surface area contributed by atoms with E-state index in [1.807, 2.05) is 7.05 Å². The van der Waals surface area contributed by atoms with Crippen LogP contribution in [0.4, 0.5) is 0 Å². The molecule has 0 saturated heterocycles. The molecule has 0 spiro atoms. The van der Waals surface area contributed by atoms with Gasteiger partial charge in [0.05, 0.1) is 0 Å². The smallest absolute Gasteiger partial charge is 0.244 e. The van der Waals surface area contributed by atoms with Gasteiger partial charge in [0, 0.05) is 5.57 Å². The van der Waals surface area contributed by atoms with E-state index >= 15 is 0 Å². The van der Waals surface area contributed by atoms with Crippen LogP contribution >= 0.6 is 0 Å². The average molecular weight is 184 g/mol. The zero-order valence-corrected chi connectivity index (χ0v) is 8.81. The molecule has 3 N–H and O–H groups in total. The van der Waals surface area contributed by atoms with Crippen LogP contribution in [0.1, 0.15) is 33.1 Å². The normalized spacial score (nSPS) is 12.5. The van der Waals surface area contributed by atoms with Gasteiger partial charge < -0.3 is 11.1 Å². The highest BCUT2D eigenvalue weighted by molar-refractivity contribution is 5.92. The van der Waals surface area contributed by atoms with Crippen molar-refractivity contribution in [2.24, 2.45) is 5.73 Å². The molecule has 3 heteroatoms. The van der Waals surface area contributed by atoms with Gasteiger partial charge in [0.25, 0.3) is 0 Å². The predicted octanol–water partition coefficient (Wildman–Crippen LogP) is 1.20. The fraction of sp³-hybridized carbons (Fsp3) is 0.700. The van der Waals surface area contributed by atoms with Crippen LogP contribution in [0, 0.1) is 0 Å². The van der Waals surface area contributed by atoms with Crippen LogP contribution in [0.2, 0.25) is 0 Å². The van der Waals surface area contributed by atoms with Crippen molar-refractivity contribution in [1.82, 2.24) is 5.32 Å². The van der Waals surface area contributed by atoms with Crippen molar-refractivity contribution in [2.45, 2.75) is 33.1 Å². The summed E-state index contributed by atoms with van der Waals surface area (Å²) in [6.07, 6.45) is 2.94. The van der Waals surface area contributed by atoms with E-state index in [0.29, 0.717) is 0 Å². The Bertz CT molecular complexity index is 197. The number of primary amides is 1. The first-order valence-electron chi connectivity index (χ1n) is 4.76. The Kier molecular flexibility index (Phi) is 6.24. The zero-order chi connectivity index (χ0) is 10.3. The van der Waals surface area contributed by atoms with Crippen molar-refractivity contribution < 1.29 is 4.79 Å². The third-order valence-electron chi connectivity index (χ3n) is 2.23. The molecular weight excluding hydrogens is 164 g/mol. The molecular formula is C10H20N2O. The van der Waals surface area contributed by atoms with E-state index in [9.17, 15) is 4.79 Å². The Hall–Kier alpha value is -0.830. The second-order valence-corrected chi connectivity index (χ2v) is 3.15. The molecule has 0 aromatic rings. The number of amides is 1. The number of carbonyl (C=O) groups excluding carboxylic acids is 1. The van der Waals surface area contributed by atoms with Gasteiger partial charge >= 0.3 is 0 Å². The molecule has 0 fully saturated rings. The molecule has 0 aromatic heterocycles. The van der Waals surface area contributed by atoms with E-state index in [2.05, 4.69) is 12.2 Å². The second-order valence-electron chi connectivity index (χ2n) is 3.15. The van der Waals surface area contributed by atoms with Crippen LogP contribution in [0.25, 0.3) is 0 Å². The first kappa shape index (κ1) is 12.2. The maximum atomic E-state index is 10.9. The number of hydrogen-bond acceptors (Lipinski definition) is 2. The molecule has 0 aromatic carbocycles. The molecule has 0 aliphatic carbocycles. The van der Waals surface area contributed by atoms with E-state index in [1.54, 1.807) is 6.92 Å². The lowest BCUT2D eigenvalue weighted by atomic mass is 10.0. The van der Waals surface area contributed by atoms with Gasteiger partial charge in [0.1, 0.15) is 0 Å². The monoisotopic (exact) mass is 184 g/mol. The summed E-state index contributed by atoms with van der Waals surface area (Å²) in [6, 6.07) is 0. The molecule has 0 atom stereocenters. The Morgan fingerprint density at radius 2 is 2.08 bits per heavy atom. The minimum atomic E-state index is -0.290. The molecule has 0 bridgehead atoms. The molecule has 13 heavy (non-hydrogen) atoms. The van der Waals surface area contributed by atoms with Crippen molar-refractivity contribution in [2.75, 3.05) is 13.6 Å². The second kappa shape index (κ2) is 6.66. The van der Waals surface area contributed by atoms with Gasteiger partial charge in [-0.15, -0.1) is 0 Å². The van der Waals surface area contributed by atoms with Gasteiger partial charge in [0.2, 0.25) is 5.91 Å². The summed E-state index contributed by atoms with van der Waals surface area (Å²) in [5, 5.41) is 3.08. The lowest BCUT2D eigenvalue weighted by Gasteiger charge is -2.07. The molecule has 3 nitrogen and oxygen atoms in total. The van der Waals surface area contributed by atoms with Crippen molar-refractivity contribution in [1.29, 1.82) is 0 Å². The Morgan fingerprint density at radius 1 is 1.46 bits per heavy atom. The summed E-state index contributed by atoms with van der Waals surface area (Å²) >= 11 is 0. The average Bonchev–Trinajstić information content (AvgIpc) is 2.11. The maximum Gasteiger partial charge on any atom is 0.244 e. The number of nitrogens with one attached hydrogen (secondary N) is 1. The van der Waals surface area contributed by atoms with Crippen molar-refractivity contribution in [3.8, 4) is 0 Å². The van der Waals surface area contributed by atoms with Crippen LogP contribution in [0.15, 0.2) is 11.1 Å². The molecule has 0 radical (unpaired) electrons. The van der Waals surface area contributed by atoms with E-state index in [-0.39, 0.29) is 5.91 Å². The van der Waals surface area contributed by atoms with E-state index in [4.69, 9.17) is 5.73 Å². The summed E-state index contributed by atoms with van der Waals surface area (Å²) in [7, 11) is 1.93. The first-order valence-corrected chi connectivity index (χ1v) is 4.76. The lowest BCUT2D eigenvalue weighted by Crippen LogP contribution is -2.14. The number of allylic oxidation sites excluding steroid dienone is 1. The highest BCUT2D eigenvalue weighted by atomic mass is 16.1. The number of carbonyl (C=O) groups is 1. The Balaban J connectivity index is 4.15. The van der Waals surface area contributed by atoms with E-state index < -0.39 is 0 Å². The fourth-order valence-electron chi connectivity index (χ4n) is 1.28. The molecule has 0 unspecified atom stereocenters. The van der Waals surface area contributed by atoms with Crippen LogP contribution in [0.5, 0.6) is 0 Å². The third-order valence-corrected chi connectivity index (χ3v) is 2.23. The van der Waals surface area contributed by atoms with Gasteiger partial charge in [0.15, 0.2) is 0 Å². The predicted molar refractivity (Wildman–Crippen MR) is 55.3 cm³/mol. The number of hydrogen-bond donors (Lipinski definition) is 2. The summed E-state index contributed by atoms with van der Waals surface area (Å²) in [4.78, 5) is 10.9. The number of nitrogens with two attached hydrogens (primary N) is 1. The quantitative estimate of drug-likeness (QED) is 0.481. The van der Waals surface area contributed by atoms with Crippen LogP contribution in [-0.4, -0.2) is 19.5 Å². The molecule has 0 rings (SSSR count). The third kappa shape index (κ3) is 4.68. The zero-order valence-electron chi connectivity index (χ0n) is 8.81. The van der Waals surface area contributed by atoms with Crippen LogP contribution in [0.3, 0.4) is 0 Å². The minimum absolute atomic E-state index is 0.290. The number of rotatable bonds is 6. The van der Waals surface area contributed by atoms with Crippen LogP contribution in [-0.2, 0) is 4.79 Å². The molecule has 0 heterocycles. The summed E-state index contributed by atoms with van der Waals surface area (Å²) < 4.78 is 0. The van der Waals surface area contributed by atoms with Gasteiger partial charge in [-0.25, -0.2) is 0 Å². The van der Waals surface area contributed by atoms with Gasteiger partial charge in [-0.3, -0.25) is 4.79 Å². The van der Waals surface area contributed by atoms with E-state index in [1.165, 1.54) is 5.57 Å². The summed E-state index contributed by atoms with van der Waals surface area (Å²) in [5.41, 5.74) is 7.12. The van der Waals surface area contributed by atoms with Gasteiger partial charge in [-0.05, 0) is 39.8 Å². The Morgan fingerprint density at radius 3 is 2.46 bits per heavy atom.